The van der Waals surface area contributed by atoms with Gasteiger partial charge in [-0.2, -0.15) is 0 Å². The molecule has 104 valence electrons. The van der Waals surface area contributed by atoms with Crippen LogP contribution in [0.2, 0.25) is 0 Å². The number of nitrogens with zero attached hydrogens (tertiary/aromatic N) is 2. The Morgan fingerprint density at radius 2 is 0.850 bits per heavy atom. The summed E-state index contributed by atoms with van der Waals surface area (Å²) < 4.78 is 2.47. The zero-order valence-electron chi connectivity index (χ0n) is 12.0. The van der Waals surface area contributed by atoms with E-state index < -0.39 is 0 Å². The van der Waals surface area contributed by atoms with Crippen molar-refractivity contribution in [3.8, 4) is 0 Å². The monoisotopic (exact) mass is 490 g/mol. The van der Waals surface area contributed by atoms with Gasteiger partial charge in [0.15, 0.2) is 0 Å². The number of hydrogen-bond donors (Lipinski definition) is 0. The van der Waals surface area contributed by atoms with Gasteiger partial charge in [0.25, 0.3) is 0 Å². The molecule has 0 aliphatic rings. The molecule has 0 unspecified atom stereocenters. The molecule has 0 spiro atoms. The van der Waals surface area contributed by atoms with Crippen LogP contribution in [0.25, 0.3) is 0 Å². The van der Waals surface area contributed by atoms with Gasteiger partial charge in [0.1, 0.15) is 0 Å². The molecular formula is C16H16I2N2. The third-order valence-corrected chi connectivity index (χ3v) is 4.41. The van der Waals surface area contributed by atoms with Crippen LogP contribution in [0.3, 0.4) is 0 Å². The van der Waals surface area contributed by atoms with E-state index in [9.17, 15) is 0 Å². The fourth-order valence-corrected chi connectivity index (χ4v) is 4.09. The first-order valence-corrected chi connectivity index (χ1v) is 8.49. The Morgan fingerprint density at radius 3 is 1.10 bits per heavy atom. The van der Waals surface area contributed by atoms with Gasteiger partial charge in [-0.15, -0.1) is 10.2 Å². The van der Waals surface area contributed by atoms with E-state index in [0.29, 0.717) is 0 Å². The Labute approximate surface area is 147 Å². The first-order chi connectivity index (χ1) is 9.38. The second-order valence-electron chi connectivity index (χ2n) is 4.98. The molecule has 0 fully saturated rings. The molecule has 0 amide bonds. The first kappa shape index (κ1) is 15.9. The summed E-state index contributed by atoms with van der Waals surface area (Å²) >= 11 is 4.66. The fourth-order valence-electron chi connectivity index (χ4n) is 2.22. The summed E-state index contributed by atoms with van der Waals surface area (Å²) in [7, 11) is 0. The van der Waals surface area contributed by atoms with Crippen molar-refractivity contribution in [2.45, 2.75) is 27.7 Å². The summed E-state index contributed by atoms with van der Waals surface area (Å²) in [5.41, 5.74) is 6.61. The number of benzene rings is 2. The van der Waals surface area contributed by atoms with E-state index in [1.807, 2.05) is 0 Å². The lowest BCUT2D eigenvalue weighted by Crippen LogP contribution is -1.84. The van der Waals surface area contributed by atoms with Gasteiger partial charge in [-0.05, 0) is 119 Å². The highest BCUT2D eigenvalue weighted by Gasteiger charge is 2.06. The quantitative estimate of drug-likeness (QED) is 0.337. The molecule has 0 bridgehead atoms. The van der Waals surface area contributed by atoms with Crippen LogP contribution in [0.15, 0.2) is 34.5 Å². The molecule has 0 atom stereocenters. The van der Waals surface area contributed by atoms with Crippen LogP contribution < -0.4 is 0 Å². The molecule has 2 rings (SSSR count). The predicted octanol–water partition coefficient (Wildman–Crippen LogP) is 6.54. The van der Waals surface area contributed by atoms with Crippen LogP contribution in [-0.2, 0) is 0 Å². The first-order valence-electron chi connectivity index (χ1n) is 6.33. The second kappa shape index (κ2) is 6.51. The average Bonchev–Trinajstić information content (AvgIpc) is 2.30. The van der Waals surface area contributed by atoms with Crippen LogP contribution in [0.5, 0.6) is 0 Å². The highest BCUT2D eigenvalue weighted by atomic mass is 127. The van der Waals surface area contributed by atoms with Gasteiger partial charge < -0.3 is 0 Å². The highest BCUT2D eigenvalue weighted by molar-refractivity contribution is 14.1. The molecule has 0 radical (unpaired) electrons. The van der Waals surface area contributed by atoms with Crippen molar-refractivity contribution in [1.29, 1.82) is 0 Å². The maximum atomic E-state index is 4.49. The molecule has 4 heteroatoms. The van der Waals surface area contributed by atoms with Crippen molar-refractivity contribution >= 4 is 56.6 Å². The second-order valence-corrected chi connectivity index (χ2v) is 7.47. The molecule has 0 saturated heterocycles. The fraction of sp³-hybridized carbons (Fsp3) is 0.250. The molecule has 0 aliphatic carbocycles. The van der Waals surface area contributed by atoms with Crippen LogP contribution in [0, 0.1) is 34.8 Å². The third kappa shape index (κ3) is 3.58. The zero-order chi connectivity index (χ0) is 14.9. The highest BCUT2D eigenvalue weighted by Crippen LogP contribution is 2.31. The zero-order valence-corrected chi connectivity index (χ0v) is 16.3. The number of halogens is 2. The van der Waals surface area contributed by atoms with Crippen molar-refractivity contribution in [3.05, 3.63) is 53.7 Å². The van der Waals surface area contributed by atoms with Gasteiger partial charge in [0.2, 0.25) is 0 Å². The molecule has 2 aromatic rings. The minimum atomic E-state index is 0.975. The number of rotatable bonds is 2. The van der Waals surface area contributed by atoms with E-state index in [-0.39, 0.29) is 0 Å². The van der Waals surface area contributed by atoms with Gasteiger partial charge in [0, 0.05) is 7.14 Å². The van der Waals surface area contributed by atoms with Crippen LogP contribution in [0.1, 0.15) is 22.3 Å². The van der Waals surface area contributed by atoms with Crippen molar-refractivity contribution in [3.63, 3.8) is 0 Å². The summed E-state index contributed by atoms with van der Waals surface area (Å²) in [6.45, 7) is 8.32. The molecule has 0 saturated carbocycles. The maximum Gasteiger partial charge on any atom is 0.0916 e. The van der Waals surface area contributed by atoms with E-state index in [1.54, 1.807) is 0 Å². The molecule has 0 N–H and O–H groups in total. The van der Waals surface area contributed by atoms with Crippen molar-refractivity contribution < 1.29 is 0 Å². The molecule has 0 aliphatic heterocycles. The van der Waals surface area contributed by atoms with Gasteiger partial charge >= 0.3 is 0 Å². The van der Waals surface area contributed by atoms with E-state index in [0.717, 1.165) is 11.4 Å². The minimum Gasteiger partial charge on any atom is -0.150 e. The lowest BCUT2D eigenvalue weighted by molar-refractivity contribution is 1.15. The number of azo groups is 1. The number of aryl methyl sites for hydroxylation is 4. The standard InChI is InChI=1S/C16H16I2N2/c1-9-5-13(17)6-10(2)15(9)19-20-16-11(3)7-14(18)8-12(16)4/h5-8H,1-4H3/b20-19+. The summed E-state index contributed by atoms with van der Waals surface area (Å²) in [6.07, 6.45) is 0. The lowest BCUT2D eigenvalue weighted by Gasteiger charge is -2.07. The topological polar surface area (TPSA) is 24.7 Å². The van der Waals surface area contributed by atoms with Crippen molar-refractivity contribution in [1.82, 2.24) is 0 Å². The van der Waals surface area contributed by atoms with Gasteiger partial charge in [0.05, 0.1) is 11.4 Å². The van der Waals surface area contributed by atoms with Crippen LogP contribution >= 0.6 is 45.2 Å². The number of hydrogen-bond acceptors (Lipinski definition) is 2. The predicted molar refractivity (Wildman–Crippen MR) is 101 cm³/mol. The molecular weight excluding hydrogens is 474 g/mol. The summed E-state index contributed by atoms with van der Waals surface area (Å²) in [4.78, 5) is 0. The van der Waals surface area contributed by atoms with Gasteiger partial charge in [-0.25, -0.2) is 0 Å². The summed E-state index contributed by atoms with van der Waals surface area (Å²) in [6, 6.07) is 8.54. The minimum absolute atomic E-state index is 0.975. The Hall–Kier alpha value is -0.500. The Balaban J connectivity index is 2.45. The van der Waals surface area contributed by atoms with Gasteiger partial charge in [-0.3, -0.25) is 0 Å². The summed E-state index contributed by atoms with van der Waals surface area (Å²) in [5, 5.41) is 8.97. The smallest absolute Gasteiger partial charge is 0.0916 e. The molecule has 2 aromatic carbocycles. The average molecular weight is 490 g/mol. The van der Waals surface area contributed by atoms with E-state index in [1.165, 1.54) is 29.4 Å². The van der Waals surface area contributed by atoms with Crippen LogP contribution in [0.4, 0.5) is 11.4 Å². The normalized spacial score (nSPS) is 11.3. The molecule has 2 nitrogen and oxygen atoms in total. The Morgan fingerprint density at radius 1 is 0.600 bits per heavy atom. The summed E-state index contributed by atoms with van der Waals surface area (Å²) in [5.74, 6) is 0. The van der Waals surface area contributed by atoms with Crippen molar-refractivity contribution in [2.75, 3.05) is 0 Å². The lowest BCUT2D eigenvalue weighted by atomic mass is 10.1. The Bertz CT molecular complexity index is 585. The SMILES string of the molecule is Cc1cc(I)cc(C)c1/N=N/c1c(C)cc(I)cc1C. The van der Waals surface area contributed by atoms with Crippen molar-refractivity contribution in [2.24, 2.45) is 10.2 Å². The molecule has 0 aromatic heterocycles. The van der Waals surface area contributed by atoms with E-state index in [2.05, 4.69) is 107 Å². The third-order valence-electron chi connectivity index (χ3n) is 3.16. The maximum absolute atomic E-state index is 4.49. The van der Waals surface area contributed by atoms with Crippen LogP contribution in [-0.4, -0.2) is 0 Å². The van der Waals surface area contributed by atoms with E-state index in [4.69, 9.17) is 0 Å². The molecule has 20 heavy (non-hydrogen) atoms. The molecule has 0 heterocycles. The van der Waals surface area contributed by atoms with E-state index >= 15 is 0 Å². The largest absolute Gasteiger partial charge is 0.150 e. The Kier molecular flexibility index (Phi) is 5.17. The van der Waals surface area contributed by atoms with Gasteiger partial charge in [-0.1, -0.05) is 0 Å².